The lowest BCUT2D eigenvalue weighted by Crippen LogP contribution is -2.29. The average Bonchev–Trinajstić information content (AvgIpc) is 3.22. The second kappa shape index (κ2) is 5.94. The number of carbonyl (C=O) groups is 1. The van der Waals surface area contributed by atoms with Crippen molar-refractivity contribution in [3.8, 4) is 0 Å². The number of amides is 1. The van der Waals surface area contributed by atoms with Gasteiger partial charge in [-0.15, -0.1) is 0 Å². The second-order valence-electron chi connectivity index (χ2n) is 5.58. The number of rotatable bonds is 6. The summed E-state index contributed by atoms with van der Waals surface area (Å²) in [7, 11) is 0. The molecule has 1 fully saturated rings. The minimum Gasteiger partial charge on any atom is -0.394 e. The van der Waals surface area contributed by atoms with Gasteiger partial charge in [-0.25, -0.2) is 0 Å². The molecule has 3 rings (SSSR count). The maximum atomic E-state index is 12.2. The lowest BCUT2D eigenvalue weighted by atomic mass is 9.92. The summed E-state index contributed by atoms with van der Waals surface area (Å²) in [5, 5.41) is 11.5. The highest BCUT2D eigenvalue weighted by Gasteiger charge is 2.56. The minimum absolute atomic E-state index is 0.0253. The molecular formula is C16H21NO3. The first-order valence-electron chi connectivity index (χ1n) is 7.37. The topological polar surface area (TPSA) is 58.6 Å². The fourth-order valence-electron chi connectivity index (χ4n) is 3.45. The number of aryl methyl sites for hydroxylation is 1. The van der Waals surface area contributed by atoms with Crippen molar-refractivity contribution < 1.29 is 14.6 Å². The van der Waals surface area contributed by atoms with Gasteiger partial charge in [0, 0.05) is 12.5 Å². The van der Waals surface area contributed by atoms with E-state index in [4.69, 9.17) is 9.84 Å². The Bertz CT molecular complexity index is 488. The summed E-state index contributed by atoms with van der Waals surface area (Å²) < 4.78 is 5.14. The molecule has 0 heterocycles. The van der Waals surface area contributed by atoms with Gasteiger partial charge in [-0.2, -0.15) is 0 Å². The van der Waals surface area contributed by atoms with E-state index in [0.29, 0.717) is 31.6 Å². The highest BCUT2D eigenvalue weighted by atomic mass is 16.5. The average molecular weight is 275 g/mol. The van der Waals surface area contributed by atoms with Crippen molar-refractivity contribution in [2.45, 2.75) is 18.8 Å². The van der Waals surface area contributed by atoms with Crippen LogP contribution in [0.4, 0.5) is 0 Å². The summed E-state index contributed by atoms with van der Waals surface area (Å²) in [6, 6.07) is 8.50. The molecule has 2 aliphatic carbocycles. The molecule has 1 aromatic carbocycles. The zero-order valence-electron chi connectivity index (χ0n) is 11.5. The van der Waals surface area contributed by atoms with E-state index >= 15 is 0 Å². The number of carbonyl (C=O) groups excluding carboxylic acids is 1. The van der Waals surface area contributed by atoms with Crippen LogP contribution in [0.2, 0.25) is 0 Å². The van der Waals surface area contributed by atoms with Crippen LogP contribution < -0.4 is 5.32 Å². The van der Waals surface area contributed by atoms with Crippen LogP contribution in [0, 0.1) is 11.8 Å². The van der Waals surface area contributed by atoms with Gasteiger partial charge in [0.05, 0.1) is 19.8 Å². The molecule has 0 bridgehead atoms. The molecule has 3 atom stereocenters. The highest BCUT2D eigenvalue weighted by Crippen LogP contribution is 2.59. The predicted molar refractivity (Wildman–Crippen MR) is 75.4 cm³/mol. The smallest absolute Gasteiger partial charge is 0.224 e. The number of aliphatic hydroxyl groups excluding tert-OH is 1. The molecule has 2 N–H and O–H groups in total. The molecule has 1 aromatic rings. The maximum absolute atomic E-state index is 12.2. The van der Waals surface area contributed by atoms with Gasteiger partial charge in [0.25, 0.3) is 0 Å². The third kappa shape index (κ3) is 2.58. The van der Waals surface area contributed by atoms with Crippen molar-refractivity contribution >= 4 is 5.91 Å². The highest BCUT2D eigenvalue weighted by molar-refractivity contribution is 5.84. The van der Waals surface area contributed by atoms with Crippen LogP contribution in [0.3, 0.4) is 0 Å². The van der Waals surface area contributed by atoms with Crippen LogP contribution in [0.15, 0.2) is 24.3 Å². The second-order valence-corrected chi connectivity index (χ2v) is 5.58. The normalized spacial score (nSPS) is 26.6. The first kappa shape index (κ1) is 13.6. The Labute approximate surface area is 119 Å². The van der Waals surface area contributed by atoms with Gasteiger partial charge in [-0.05, 0) is 35.8 Å². The van der Waals surface area contributed by atoms with Crippen LogP contribution in [-0.2, 0) is 16.0 Å². The van der Waals surface area contributed by atoms with Crippen molar-refractivity contribution in [2.75, 3.05) is 26.4 Å². The number of aliphatic hydroxyl groups is 1. The molecule has 4 nitrogen and oxygen atoms in total. The molecule has 108 valence electrons. The SMILES string of the molecule is O=C(NCCOCCO)C1C2CCc3ccccc3C21. The molecule has 1 saturated carbocycles. The first-order valence-corrected chi connectivity index (χ1v) is 7.37. The van der Waals surface area contributed by atoms with Crippen LogP contribution in [0.1, 0.15) is 23.5 Å². The quantitative estimate of drug-likeness (QED) is 0.764. The van der Waals surface area contributed by atoms with E-state index in [0.717, 1.165) is 12.8 Å². The number of hydrogen-bond acceptors (Lipinski definition) is 3. The van der Waals surface area contributed by atoms with Gasteiger partial charge < -0.3 is 15.2 Å². The van der Waals surface area contributed by atoms with Crippen LogP contribution in [0.25, 0.3) is 0 Å². The lowest BCUT2D eigenvalue weighted by molar-refractivity contribution is -0.123. The molecule has 0 spiro atoms. The molecule has 0 aliphatic heterocycles. The molecular weight excluding hydrogens is 254 g/mol. The number of benzene rings is 1. The Morgan fingerprint density at radius 1 is 1.35 bits per heavy atom. The summed E-state index contributed by atoms with van der Waals surface area (Å²) in [5.41, 5.74) is 2.79. The number of ether oxygens (including phenoxy) is 1. The van der Waals surface area contributed by atoms with E-state index < -0.39 is 0 Å². The van der Waals surface area contributed by atoms with Crippen molar-refractivity contribution in [3.63, 3.8) is 0 Å². The fourth-order valence-corrected chi connectivity index (χ4v) is 3.45. The van der Waals surface area contributed by atoms with Gasteiger partial charge in [-0.3, -0.25) is 4.79 Å². The van der Waals surface area contributed by atoms with E-state index in [2.05, 4.69) is 29.6 Å². The molecule has 1 amide bonds. The Morgan fingerprint density at radius 3 is 3.05 bits per heavy atom. The van der Waals surface area contributed by atoms with Crippen LogP contribution in [0.5, 0.6) is 0 Å². The molecule has 0 aromatic heterocycles. The molecule has 20 heavy (non-hydrogen) atoms. The molecule has 0 saturated heterocycles. The standard InChI is InChI=1S/C16H21NO3/c18-8-10-20-9-7-17-16(19)15-13-6-5-11-3-1-2-4-12(11)14(13)15/h1-4,13-15,18H,5-10H2,(H,17,19). The van der Waals surface area contributed by atoms with Gasteiger partial charge >= 0.3 is 0 Å². The van der Waals surface area contributed by atoms with E-state index in [1.807, 2.05) is 0 Å². The third-order valence-corrected chi connectivity index (χ3v) is 4.41. The Hall–Kier alpha value is -1.39. The van der Waals surface area contributed by atoms with E-state index in [9.17, 15) is 4.79 Å². The zero-order chi connectivity index (χ0) is 13.9. The van der Waals surface area contributed by atoms with Crippen molar-refractivity contribution in [2.24, 2.45) is 11.8 Å². The maximum Gasteiger partial charge on any atom is 0.224 e. The van der Waals surface area contributed by atoms with Crippen molar-refractivity contribution in [1.29, 1.82) is 0 Å². The molecule has 3 unspecified atom stereocenters. The molecule has 4 heteroatoms. The van der Waals surface area contributed by atoms with Crippen molar-refractivity contribution in [3.05, 3.63) is 35.4 Å². The predicted octanol–water partition coefficient (Wildman–Crippen LogP) is 1.09. The van der Waals surface area contributed by atoms with Crippen LogP contribution >= 0.6 is 0 Å². The van der Waals surface area contributed by atoms with Crippen LogP contribution in [-0.4, -0.2) is 37.4 Å². The Morgan fingerprint density at radius 2 is 2.20 bits per heavy atom. The van der Waals surface area contributed by atoms with Gasteiger partial charge in [0.1, 0.15) is 0 Å². The van der Waals surface area contributed by atoms with Gasteiger partial charge in [0.15, 0.2) is 0 Å². The number of nitrogens with one attached hydrogen (secondary N) is 1. The number of hydrogen-bond donors (Lipinski definition) is 2. The summed E-state index contributed by atoms with van der Waals surface area (Å²) in [6.45, 7) is 1.34. The van der Waals surface area contributed by atoms with E-state index in [-0.39, 0.29) is 18.4 Å². The molecule has 2 aliphatic rings. The lowest BCUT2D eigenvalue weighted by Gasteiger charge is -2.13. The van der Waals surface area contributed by atoms with E-state index in [1.54, 1.807) is 0 Å². The van der Waals surface area contributed by atoms with Gasteiger partial charge in [-0.1, -0.05) is 24.3 Å². The monoisotopic (exact) mass is 275 g/mol. The zero-order valence-corrected chi connectivity index (χ0v) is 11.5. The summed E-state index contributed by atoms with van der Waals surface area (Å²) in [6.07, 6.45) is 2.22. The van der Waals surface area contributed by atoms with Crippen molar-refractivity contribution in [1.82, 2.24) is 5.32 Å². The Balaban J connectivity index is 1.52. The summed E-state index contributed by atoms with van der Waals surface area (Å²) in [4.78, 5) is 12.2. The third-order valence-electron chi connectivity index (χ3n) is 4.41. The fraction of sp³-hybridized carbons (Fsp3) is 0.562. The minimum atomic E-state index is 0.0253. The Kier molecular flexibility index (Phi) is 4.03. The summed E-state index contributed by atoms with van der Waals surface area (Å²) >= 11 is 0. The largest absolute Gasteiger partial charge is 0.394 e. The van der Waals surface area contributed by atoms with E-state index in [1.165, 1.54) is 11.1 Å². The number of fused-ring (bicyclic) bond motifs is 3. The first-order chi connectivity index (χ1) is 9.83. The molecule has 0 radical (unpaired) electrons. The van der Waals surface area contributed by atoms with Gasteiger partial charge in [0.2, 0.25) is 5.91 Å². The summed E-state index contributed by atoms with van der Waals surface area (Å²) in [5.74, 6) is 1.27.